The molecule has 100 valence electrons. The number of carboxylic acids is 1. The summed E-state index contributed by atoms with van der Waals surface area (Å²) >= 11 is 5.82. The standard InChI is InChI=1S/C13H17ClO4/c1-13(2,17-3)6-7-18-11-8-9(14)4-5-10(11)12(15)16/h4-5,8H,6-7H2,1-3H3,(H,15,16). The molecule has 0 saturated carbocycles. The first-order chi connectivity index (χ1) is 8.35. The van der Waals surface area contributed by atoms with E-state index >= 15 is 0 Å². The fourth-order valence-corrected chi connectivity index (χ4v) is 1.46. The molecular weight excluding hydrogens is 256 g/mol. The molecule has 0 aliphatic carbocycles. The van der Waals surface area contributed by atoms with E-state index in [1.54, 1.807) is 7.11 Å². The van der Waals surface area contributed by atoms with Gasteiger partial charge in [-0.05, 0) is 32.0 Å². The SMILES string of the molecule is COC(C)(C)CCOc1cc(Cl)ccc1C(=O)O. The summed E-state index contributed by atoms with van der Waals surface area (Å²) in [6, 6.07) is 4.46. The van der Waals surface area contributed by atoms with Crippen molar-refractivity contribution in [3.05, 3.63) is 28.8 Å². The molecule has 0 aliphatic heterocycles. The molecule has 18 heavy (non-hydrogen) atoms. The zero-order chi connectivity index (χ0) is 13.8. The number of halogens is 1. The highest BCUT2D eigenvalue weighted by molar-refractivity contribution is 6.30. The van der Waals surface area contributed by atoms with E-state index in [9.17, 15) is 4.79 Å². The van der Waals surface area contributed by atoms with Crippen LogP contribution in [0.25, 0.3) is 0 Å². The molecule has 0 spiro atoms. The molecule has 0 bridgehead atoms. The van der Waals surface area contributed by atoms with E-state index in [1.807, 2.05) is 13.8 Å². The van der Waals surface area contributed by atoms with E-state index in [1.165, 1.54) is 18.2 Å². The molecular formula is C13H17ClO4. The summed E-state index contributed by atoms with van der Waals surface area (Å²) < 4.78 is 10.7. The van der Waals surface area contributed by atoms with Gasteiger partial charge in [0.05, 0.1) is 12.2 Å². The number of rotatable bonds is 6. The third-order valence-electron chi connectivity index (χ3n) is 2.69. The Labute approximate surface area is 111 Å². The molecule has 0 unspecified atom stereocenters. The van der Waals surface area contributed by atoms with Crippen LogP contribution in [-0.2, 0) is 4.74 Å². The number of methoxy groups -OCH3 is 1. The molecule has 0 amide bonds. The lowest BCUT2D eigenvalue weighted by Gasteiger charge is -2.22. The molecule has 1 aromatic carbocycles. The highest BCUT2D eigenvalue weighted by Crippen LogP contribution is 2.24. The maximum absolute atomic E-state index is 11.0. The molecule has 0 radical (unpaired) electrons. The minimum absolute atomic E-state index is 0.106. The molecule has 0 aliphatic rings. The molecule has 0 saturated heterocycles. The van der Waals surface area contributed by atoms with E-state index in [0.717, 1.165) is 0 Å². The van der Waals surface area contributed by atoms with E-state index in [4.69, 9.17) is 26.2 Å². The summed E-state index contributed by atoms with van der Waals surface area (Å²) in [5.74, 6) is -0.755. The van der Waals surface area contributed by atoms with E-state index in [-0.39, 0.29) is 16.9 Å². The molecule has 1 N–H and O–H groups in total. The summed E-state index contributed by atoms with van der Waals surface area (Å²) in [6.07, 6.45) is 0.648. The van der Waals surface area contributed by atoms with Crippen molar-refractivity contribution in [2.45, 2.75) is 25.9 Å². The van der Waals surface area contributed by atoms with Crippen molar-refractivity contribution in [2.24, 2.45) is 0 Å². The maximum Gasteiger partial charge on any atom is 0.339 e. The van der Waals surface area contributed by atoms with Gasteiger partial charge < -0.3 is 14.6 Å². The molecule has 1 aromatic rings. The quantitative estimate of drug-likeness (QED) is 0.864. The Morgan fingerprint density at radius 2 is 2.11 bits per heavy atom. The monoisotopic (exact) mass is 272 g/mol. The molecule has 0 aromatic heterocycles. The normalized spacial score (nSPS) is 11.3. The Bertz CT molecular complexity index is 429. The van der Waals surface area contributed by atoms with Gasteiger partial charge in [0.1, 0.15) is 11.3 Å². The van der Waals surface area contributed by atoms with Crippen molar-refractivity contribution in [1.29, 1.82) is 0 Å². The molecule has 1 rings (SSSR count). The first-order valence-corrected chi connectivity index (χ1v) is 5.94. The van der Waals surface area contributed by atoms with Gasteiger partial charge in [0, 0.05) is 18.6 Å². The zero-order valence-electron chi connectivity index (χ0n) is 10.7. The van der Waals surface area contributed by atoms with Gasteiger partial charge >= 0.3 is 5.97 Å². The Morgan fingerprint density at radius 1 is 1.44 bits per heavy atom. The van der Waals surface area contributed by atoms with Crippen LogP contribution < -0.4 is 4.74 Å². The van der Waals surface area contributed by atoms with Crippen molar-refractivity contribution in [3.8, 4) is 5.75 Å². The van der Waals surface area contributed by atoms with Gasteiger partial charge in [-0.2, -0.15) is 0 Å². The van der Waals surface area contributed by atoms with Gasteiger partial charge in [0.25, 0.3) is 0 Å². The van der Waals surface area contributed by atoms with Crippen molar-refractivity contribution in [1.82, 2.24) is 0 Å². The largest absolute Gasteiger partial charge is 0.493 e. The number of ether oxygens (including phenoxy) is 2. The minimum atomic E-state index is -1.03. The van der Waals surface area contributed by atoms with Gasteiger partial charge in [0.2, 0.25) is 0 Å². The number of aromatic carboxylic acids is 1. The van der Waals surface area contributed by atoms with Crippen LogP contribution in [0.15, 0.2) is 18.2 Å². The van der Waals surface area contributed by atoms with E-state index in [2.05, 4.69) is 0 Å². The molecule has 5 heteroatoms. The van der Waals surface area contributed by atoms with Crippen LogP contribution in [0.2, 0.25) is 5.02 Å². The number of benzene rings is 1. The Balaban J connectivity index is 2.72. The predicted molar refractivity (Wildman–Crippen MR) is 69.6 cm³/mol. The zero-order valence-corrected chi connectivity index (χ0v) is 11.5. The maximum atomic E-state index is 11.0. The molecule has 0 atom stereocenters. The number of hydrogen-bond donors (Lipinski definition) is 1. The first kappa shape index (κ1) is 14.8. The van der Waals surface area contributed by atoms with Crippen LogP contribution in [0.3, 0.4) is 0 Å². The first-order valence-electron chi connectivity index (χ1n) is 5.56. The van der Waals surface area contributed by atoms with Crippen molar-refractivity contribution in [3.63, 3.8) is 0 Å². The van der Waals surface area contributed by atoms with Crippen LogP contribution in [-0.4, -0.2) is 30.4 Å². The van der Waals surface area contributed by atoms with Crippen molar-refractivity contribution in [2.75, 3.05) is 13.7 Å². The second-order valence-corrected chi connectivity index (χ2v) is 4.94. The Hall–Kier alpha value is -1.26. The lowest BCUT2D eigenvalue weighted by molar-refractivity contribution is 0.00538. The third kappa shape index (κ3) is 4.20. The number of hydrogen-bond acceptors (Lipinski definition) is 3. The number of carboxylic acid groups (broad SMARTS) is 1. The van der Waals surface area contributed by atoms with Gasteiger partial charge in [-0.3, -0.25) is 0 Å². The second-order valence-electron chi connectivity index (χ2n) is 4.51. The lowest BCUT2D eigenvalue weighted by atomic mass is 10.1. The summed E-state index contributed by atoms with van der Waals surface area (Å²) in [4.78, 5) is 11.0. The van der Waals surface area contributed by atoms with Crippen molar-refractivity contribution < 1.29 is 19.4 Å². The highest BCUT2D eigenvalue weighted by atomic mass is 35.5. The van der Waals surface area contributed by atoms with E-state index in [0.29, 0.717) is 18.1 Å². The van der Waals surface area contributed by atoms with Crippen molar-refractivity contribution >= 4 is 17.6 Å². The molecule has 4 nitrogen and oxygen atoms in total. The fourth-order valence-electron chi connectivity index (χ4n) is 1.30. The van der Waals surface area contributed by atoms with Gasteiger partial charge in [0.15, 0.2) is 0 Å². The summed E-state index contributed by atoms with van der Waals surface area (Å²) in [7, 11) is 1.63. The molecule has 0 heterocycles. The summed E-state index contributed by atoms with van der Waals surface area (Å²) in [5, 5.41) is 9.46. The van der Waals surface area contributed by atoms with Gasteiger partial charge in [-0.25, -0.2) is 4.79 Å². The van der Waals surface area contributed by atoms with Crippen LogP contribution >= 0.6 is 11.6 Å². The highest BCUT2D eigenvalue weighted by Gasteiger charge is 2.17. The van der Waals surface area contributed by atoms with Crippen LogP contribution in [0.5, 0.6) is 5.75 Å². The van der Waals surface area contributed by atoms with Crippen LogP contribution in [0.4, 0.5) is 0 Å². The Morgan fingerprint density at radius 3 is 2.67 bits per heavy atom. The second kappa shape index (κ2) is 6.07. The average Bonchev–Trinajstić information content (AvgIpc) is 2.28. The fraction of sp³-hybridized carbons (Fsp3) is 0.462. The molecule has 0 fully saturated rings. The minimum Gasteiger partial charge on any atom is -0.493 e. The van der Waals surface area contributed by atoms with Crippen LogP contribution in [0, 0.1) is 0 Å². The Kier molecular flexibility index (Phi) is 4.99. The summed E-state index contributed by atoms with van der Waals surface area (Å²) in [5.41, 5.74) is -0.197. The number of carbonyl (C=O) groups is 1. The topological polar surface area (TPSA) is 55.8 Å². The predicted octanol–water partition coefficient (Wildman–Crippen LogP) is 3.23. The third-order valence-corrected chi connectivity index (χ3v) is 2.92. The summed E-state index contributed by atoms with van der Waals surface area (Å²) in [6.45, 7) is 4.24. The van der Waals surface area contributed by atoms with Crippen LogP contribution in [0.1, 0.15) is 30.6 Å². The van der Waals surface area contributed by atoms with Gasteiger partial charge in [-0.1, -0.05) is 11.6 Å². The lowest BCUT2D eigenvalue weighted by Crippen LogP contribution is -2.25. The smallest absolute Gasteiger partial charge is 0.339 e. The van der Waals surface area contributed by atoms with E-state index < -0.39 is 5.97 Å². The van der Waals surface area contributed by atoms with Gasteiger partial charge in [-0.15, -0.1) is 0 Å². The average molecular weight is 273 g/mol.